The molecule has 1 atom stereocenters. The Morgan fingerprint density at radius 1 is 0.947 bits per heavy atom. The summed E-state index contributed by atoms with van der Waals surface area (Å²) >= 11 is 0. The quantitative estimate of drug-likeness (QED) is 0.0629. The van der Waals surface area contributed by atoms with Gasteiger partial charge in [0, 0.05) is 95.1 Å². The largest absolute Gasteiger partial charge is 0.758 e. The van der Waals surface area contributed by atoms with E-state index in [1.807, 2.05) is 12.1 Å². The Balaban J connectivity index is 0.923. The molecule has 4 N–H and O–H groups in total. The van der Waals surface area contributed by atoms with E-state index in [1.165, 1.54) is 61.6 Å². The van der Waals surface area contributed by atoms with Crippen LogP contribution in [-0.4, -0.2) is 124 Å². The number of nitrogens with one attached hydrogen (secondary N) is 4. The molecule has 10 rings (SSSR count). The second kappa shape index (κ2) is 22.1. The zero-order valence-corrected chi connectivity index (χ0v) is 43.7. The molecule has 7 aromatic rings. The van der Waals surface area contributed by atoms with Crippen molar-refractivity contribution in [2.75, 3.05) is 89.0 Å². The molecule has 1 amide bonds. The van der Waals surface area contributed by atoms with Crippen LogP contribution in [0.1, 0.15) is 78.5 Å². The SMILES string of the molecule is COc1ccc(CN2CCN(C3CCN(c4ccc(C(=O)NS(=O)(=O)c5cc(N(C)[O-])c(NCC6CCOCC6)c6[nH]cnc56)c(Oc5cc6c(F)c[nH]c6nc5OC)c4)CC3)[C@H](c3ccccc3C(C)C)C2)cc1. The number of pyridine rings is 1. The van der Waals surface area contributed by atoms with E-state index in [9.17, 15) is 18.4 Å². The molecule has 18 nitrogen and oxygen atoms in total. The lowest BCUT2D eigenvalue weighted by Gasteiger charge is -2.48. The molecule has 0 aliphatic carbocycles. The van der Waals surface area contributed by atoms with Gasteiger partial charge in [-0.2, -0.15) is 4.98 Å². The van der Waals surface area contributed by atoms with Gasteiger partial charge < -0.3 is 49.4 Å². The maximum absolute atomic E-state index is 15.0. The first-order valence-corrected chi connectivity index (χ1v) is 27.0. The number of halogens is 1. The van der Waals surface area contributed by atoms with Crippen LogP contribution in [0.4, 0.5) is 21.5 Å². The molecule has 0 saturated carbocycles. The number of carbonyl (C=O) groups is 1. The third-order valence-corrected chi connectivity index (χ3v) is 16.3. The number of anilines is 3. The monoisotopic (exact) mass is 1040 g/mol. The highest BCUT2D eigenvalue weighted by Crippen LogP contribution is 2.41. The van der Waals surface area contributed by atoms with Gasteiger partial charge >= 0.3 is 0 Å². The Morgan fingerprint density at radius 2 is 1.72 bits per heavy atom. The van der Waals surface area contributed by atoms with Gasteiger partial charge in [-0.05, 0) is 91.6 Å². The number of sulfonamides is 1. The molecule has 75 heavy (non-hydrogen) atoms. The van der Waals surface area contributed by atoms with Gasteiger partial charge in [0.15, 0.2) is 5.75 Å². The molecule has 0 unspecified atom stereocenters. The molecule has 4 aromatic carbocycles. The summed E-state index contributed by atoms with van der Waals surface area (Å²) < 4.78 is 69.1. The van der Waals surface area contributed by atoms with E-state index in [-0.39, 0.29) is 62.0 Å². The number of piperazine rings is 1. The lowest BCUT2D eigenvalue weighted by Crippen LogP contribution is -2.54. The van der Waals surface area contributed by atoms with Crippen molar-refractivity contribution in [2.45, 2.75) is 69.0 Å². The molecule has 3 aliphatic heterocycles. The fourth-order valence-electron chi connectivity index (χ4n) is 10.9. The van der Waals surface area contributed by atoms with Crippen LogP contribution in [0.25, 0.3) is 22.1 Å². The average molecular weight is 1040 g/mol. The summed E-state index contributed by atoms with van der Waals surface area (Å²) in [5, 5.41) is 17.1. The highest BCUT2D eigenvalue weighted by atomic mass is 32.2. The van der Waals surface area contributed by atoms with Crippen molar-refractivity contribution in [3.63, 3.8) is 0 Å². The summed E-state index contributed by atoms with van der Waals surface area (Å²) in [5.74, 6) is -0.119. The van der Waals surface area contributed by atoms with Gasteiger partial charge in [0.2, 0.25) is 0 Å². The van der Waals surface area contributed by atoms with Crippen LogP contribution < -0.4 is 34.2 Å². The number of fused-ring (bicyclic) bond motifs is 2. The number of piperidine rings is 1. The summed E-state index contributed by atoms with van der Waals surface area (Å²) in [4.78, 5) is 36.1. The Bertz CT molecular complexity index is 3260. The summed E-state index contributed by atoms with van der Waals surface area (Å²) in [6, 6.07) is 25.2. The minimum atomic E-state index is -4.70. The number of ether oxygens (including phenoxy) is 4. The fraction of sp³-hybridized carbons (Fsp3) is 0.400. The maximum Gasteiger partial charge on any atom is 0.268 e. The van der Waals surface area contributed by atoms with Crippen LogP contribution in [0.15, 0.2) is 96.3 Å². The van der Waals surface area contributed by atoms with E-state index in [2.05, 4.69) is 94.9 Å². The minimum absolute atomic E-state index is 0.000293. The number of imidazole rings is 1. The number of rotatable bonds is 17. The summed E-state index contributed by atoms with van der Waals surface area (Å²) in [6.07, 6.45) is 5.92. The Kier molecular flexibility index (Phi) is 15.2. The lowest BCUT2D eigenvalue weighted by atomic mass is 9.89. The van der Waals surface area contributed by atoms with Crippen LogP contribution in [0.2, 0.25) is 0 Å². The van der Waals surface area contributed by atoms with E-state index in [1.54, 1.807) is 19.2 Å². The van der Waals surface area contributed by atoms with Gasteiger partial charge in [-0.25, -0.2) is 22.5 Å². The van der Waals surface area contributed by atoms with Gasteiger partial charge in [-0.1, -0.05) is 50.2 Å². The smallest absolute Gasteiger partial charge is 0.268 e. The van der Waals surface area contributed by atoms with E-state index in [0.717, 1.165) is 63.3 Å². The van der Waals surface area contributed by atoms with Gasteiger partial charge in [-0.3, -0.25) is 14.6 Å². The van der Waals surface area contributed by atoms with E-state index < -0.39 is 21.7 Å². The Hall–Kier alpha value is -6.97. The van der Waals surface area contributed by atoms with Gasteiger partial charge in [0.05, 0.1) is 48.4 Å². The summed E-state index contributed by atoms with van der Waals surface area (Å²) in [5.41, 5.74) is 5.54. The first-order chi connectivity index (χ1) is 36.3. The highest BCUT2D eigenvalue weighted by molar-refractivity contribution is 7.90. The second-order valence-electron chi connectivity index (χ2n) is 19.9. The van der Waals surface area contributed by atoms with E-state index >= 15 is 4.39 Å². The van der Waals surface area contributed by atoms with Crippen molar-refractivity contribution in [2.24, 2.45) is 5.92 Å². The molecule has 20 heteroatoms. The second-order valence-corrected chi connectivity index (χ2v) is 21.6. The molecule has 0 spiro atoms. The third-order valence-electron chi connectivity index (χ3n) is 14.9. The zero-order valence-electron chi connectivity index (χ0n) is 42.9. The number of amides is 1. The predicted molar refractivity (Wildman–Crippen MR) is 287 cm³/mol. The number of hydrogen-bond donors (Lipinski definition) is 4. The number of hydrogen-bond acceptors (Lipinski definition) is 15. The van der Waals surface area contributed by atoms with Crippen LogP contribution in [-0.2, 0) is 21.3 Å². The van der Waals surface area contributed by atoms with Crippen LogP contribution in [0, 0.1) is 16.9 Å². The number of benzene rings is 4. The van der Waals surface area contributed by atoms with Crippen molar-refractivity contribution in [1.29, 1.82) is 0 Å². The maximum atomic E-state index is 15.0. The van der Waals surface area contributed by atoms with Crippen molar-refractivity contribution in [3.05, 3.63) is 125 Å². The Morgan fingerprint density at radius 3 is 2.45 bits per heavy atom. The number of nitrogens with zero attached hydrogens (tertiary/aromatic N) is 6. The van der Waals surface area contributed by atoms with Crippen molar-refractivity contribution < 1.29 is 36.6 Å². The molecule has 396 valence electrons. The number of H-pyrrole nitrogens is 2. The number of carbonyl (C=O) groups excluding carboxylic acids is 1. The van der Waals surface area contributed by atoms with Crippen molar-refractivity contribution in [1.82, 2.24) is 34.5 Å². The molecular formula is C55H64FN10O8S-. The van der Waals surface area contributed by atoms with Gasteiger partial charge in [0.1, 0.15) is 33.4 Å². The van der Waals surface area contributed by atoms with Crippen LogP contribution in [0.5, 0.6) is 23.1 Å². The van der Waals surface area contributed by atoms with Gasteiger partial charge in [-0.15, -0.1) is 0 Å². The summed E-state index contributed by atoms with van der Waals surface area (Å²) in [6.45, 7) is 11.2. The molecule has 0 radical (unpaired) electrons. The lowest BCUT2D eigenvalue weighted by molar-refractivity contribution is 0.0271. The molecular weight excluding hydrogens is 980 g/mol. The molecule has 0 bridgehead atoms. The molecule has 3 aromatic heterocycles. The Labute approximate surface area is 436 Å². The number of methoxy groups -OCH3 is 2. The fourth-order valence-corrected chi connectivity index (χ4v) is 12.1. The summed E-state index contributed by atoms with van der Waals surface area (Å²) in [7, 11) is -0.356. The third kappa shape index (κ3) is 10.9. The predicted octanol–water partition coefficient (Wildman–Crippen LogP) is 8.93. The van der Waals surface area contributed by atoms with E-state index in [0.29, 0.717) is 61.1 Å². The van der Waals surface area contributed by atoms with Crippen molar-refractivity contribution in [3.8, 4) is 23.1 Å². The molecule has 3 aliphatic rings. The standard InChI is InChI=1S/C55H64FN10O8S/c1-34(2)40-8-6-7-9-41(40)46-32-64(31-36-10-13-39(71-4)14-11-36)22-23-66(46)37-16-20-65(21-17-37)38-12-15-42(47(26-38)74-48-27-43-44(56)30-58-53(43)61-55(48)72-5)54(67)62-75(69,70)49-28-45(63(3)68)50(52-51(49)59-33-60-52)57-29-35-18-24-73-25-19-35/h6-15,26-28,30,33-35,37,46,57H,16-25,29,31-32H2,1-5H3,(H,58,61)(H,59,60)(H,62,67)/q-1/t46-/m0/s1. The highest BCUT2D eigenvalue weighted by Gasteiger charge is 2.37. The zero-order chi connectivity index (χ0) is 52.4. The first-order valence-electron chi connectivity index (χ1n) is 25.6. The first kappa shape index (κ1) is 51.5. The molecule has 6 heterocycles. The van der Waals surface area contributed by atoms with Crippen LogP contribution in [0.3, 0.4) is 0 Å². The van der Waals surface area contributed by atoms with Gasteiger partial charge in [0.25, 0.3) is 21.8 Å². The normalized spacial score (nSPS) is 17.4. The minimum Gasteiger partial charge on any atom is -0.758 e. The average Bonchev–Trinajstić information content (AvgIpc) is 4.07. The molecule has 3 saturated heterocycles. The number of hydroxylamine groups is 1. The van der Waals surface area contributed by atoms with Crippen molar-refractivity contribution >= 4 is 55.1 Å². The topological polar surface area (TPSA) is 206 Å². The van der Waals surface area contributed by atoms with Crippen LogP contribution >= 0.6 is 0 Å². The number of aromatic nitrogens is 4. The van der Waals surface area contributed by atoms with E-state index in [4.69, 9.17) is 18.9 Å². The molecule has 3 fully saturated rings. The number of aromatic amines is 2.